The number of piperidine rings is 1. The van der Waals surface area contributed by atoms with Crippen LogP contribution in [0.4, 0.5) is 5.69 Å². The van der Waals surface area contributed by atoms with Crippen molar-refractivity contribution >= 4 is 11.7 Å². The van der Waals surface area contributed by atoms with Crippen LogP contribution in [0.1, 0.15) is 28.8 Å². The van der Waals surface area contributed by atoms with E-state index in [9.17, 15) is 4.79 Å². The van der Waals surface area contributed by atoms with Gasteiger partial charge in [0.15, 0.2) is 0 Å². The SMILES string of the molecule is COC(=O)c1ccc2c(c1)N(C1CCNCC1)CC2. The maximum Gasteiger partial charge on any atom is 0.337 e. The Kier molecular flexibility index (Phi) is 3.42. The van der Waals surface area contributed by atoms with Crippen LogP contribution in [-0.4, -0.2) is 38.8 Å². The second-order valence-corrected chi connectivity index (χ2v) is 5.26. The summed E-state index contributed by atoms with van der Waals surface area (Å²) in [5.74, 6) is -0.250. The minimum absolute atomic E-state index is 0.250. The van der Waals surface area contributed by atoms with E-state index in [4.69, 9.17) is 4.74 Å². The molecule has 1 fully saturated rings. The van der Waals surface area contributed by atoms with Gasteiger partial charge in [-0.3, -0.25) is 0 Å². The Morgan fingerprint density at radius 2 is 2.16 bits per heavy atom. The van der Waals surface area contributed by atoms with Gasteiger partial charge < -0.3 is 15.0 Å². The fourth-order valence-electron chi connectivity index (χ4n) is 3.15. The minimum Gasteiger partial charge on any atom is -0.465 e. The van der Waals surface area contributed by atoms with E-state index < -0.39 is 0 Å². The molecule has 0 saturated carbocycles. The lowest BCUT2D eigenvalue weighted by molar-refractivity contribution is 0.0601. The highest BCUT2D eigenvalue weighted by Crippen LogP contribution is 2.32. The molecule has 19 heavy (non-hydrogen) atoms. The van der Waals surface area contributed by atoms with Gasteiger partial charge in [0, 0.05) is 18.3 Å². The molecule has 102 valence electrons. The highest BCUT2D eigenvalue weighted by Gasteiger charge is 2.27. The molecule has 1 aromatic carbocycles. The summed E-state index contributed by atoms with van der Waals surface area (Å²) in [6, 6.07) is 6.55. The Balaban J connectivity index is 1.87. The van der Waals surface area contributed by atoms with Gasteiger partial charge >= 0.3 is 5.97 Å². The molecule has 2 heterocycles. The van der Waals surface area contributed by atoms with Crippen molar-refractivity contribution in [2.75, 3.05) is 31.6 Å². The lowest BCUT2D eigenvalue weighted by Crippen LogP contribution is -2.42. The van der Waals surface area contributed by atoms with Gasteiger partial charge in [0.25, 0.3) is 0 Å². The fourth-order valence-corrected chi connectivity index (χ4v) is 3.15. The Morgan fingerprint density at radius 1 is 1.37 bits per heavy atom. The lowest BCUT2D eigenvalue weighted by Gasteiger charge is -2.33. The first-order valence-corrected chi connectivity index (χ1v) is 6.98. The van der Waals surface area contributed by atoms with Crippen molar-refractivity contribution in [3.8, 4) is 0 Å². The molecule has 1 aromatic rings. The van der Waals surface area contributed by atoms with Crippen molar-refractivity contribution in [3.63, 3.8) is 0 Å². The first-order chi connectivity index (χ1) is 9.29. The third-order valence-electron chi connectivity index (χ3n) is 4.19. The molecule has 0 aliphatic carbocycles. The second kappa shape index (κ2) is 5.21. The summed E-state index contributed by atoms with van der Waals surface area (Å²) >= 11 is 0. The minimum atomic E-state index is -0.250. The number of fused-ring (bicyclic) bond motifs is 1. The lowest BCUT2D eigenvalue weighted by atomic mass is 10.0. The maximum atomic E-state index is 11.6. The van der Waals surface area contributed by atoms with Crippen LogP contribution in [0.2, 0.25) is 0 Å². The average molecular weight is 260 g/mol. The van der Waals surface area contributed by atoms with E-state index in [2.05, 4.69) is 16.3 Å². The zero-order chi connectivity index (χ0) is 13.2. The Labute approximate surface area is 113 Å². The zero-order valence-corrected chi connectivity index (χ0v) is 11.3. The van der Waals surface area contributed by atoms with Crippen LogP contribution in [0.3, 0.4) is 0 Å². The molecule has 0 atom stereocenters. The summed E-state index contributed by atoms with van der Waals surface area (Å²) in [6.45, 7) is 3.25. The van der Waals surface area contributed by atoms with Gasteiger partial charge in [-0.15, -0.1) is 0 Å². The van der Waals surface area contributed by atoms with Crippen LogP contribution in [-0.2, 0) is 11.2 Å². The van der Waals surface area contributed by atoms with Gasteiger partial charge in [0.2, 0.25) is 0 Å². The molecule has 4 heteroatoms. The number of nitrogens with one attached hydrogen (secondary N) is 1. The molecule has 2 aliphatic heterocycles. The molecule has 0 amide bonds. The van der Waals surface area contributed by atoms with Crippen molar-refractivity contribution in [2.45, 2.75) is 25.3 Å². The van der Waals surface area contributed by atoms with E-state index >= 15 is 0 Å². The Hall–Kier alpha value is -1.55. The molecule has 1 saturated heterocycles. The number of methoxy groups -OCH3 is 1. The molecule has 2 aliphatic rings. The maximum absolute atomic E-state index is 11.6. The smallest absolute Gasteiger partial charge is 0.337 e. The average Bonchev–Trinajstić information content (AvgIpc) is 2.90. The number of hydrogen-bond acceptors (Lipinski definition) is 4. The number of hydrogen-bond donors (Lipinski definition) is 1. The fraction of sp³-hybridized carbons (Fsp3) is 0.533. The van der Waals surface area contributed by atoms with Crippen molar-refractivity contribution < 1.29 is 9.53 Å². The van der Waals surface area contributed by atoms with Crippen molar-refractivity contribution in [3.05, 3.63) is 29.3 Å². The molecule has 1 N–H and O–H groups in total. The summed E-state index contributed by atoms with van der Waals surface area (Å²) in [7, 11) is 1.43. The molecule has 0 spiro atoms. The normalized spacial score (nSPS) is 19.3. The van der Waals surface area contributed by atoms with Crippen molar-refractivity contribution in [1.82, 2.24) is 5.32 Å². The molecule has 3 rings (SSSR count). The van der Waals surface area contributed by atoms with E-state index in [1.165, 1.54) is 31.2 Å². The molecular weight excluding hydrogens is 240 g/mol. The standard InChI is InChI=1S/C15H20N2O2/c1-19-15(18)12-3-2-11-6-9-17(14(11)10-12)13-4-7-16-8-5-13/h2-3,10,13,16H,4-9H2,1H3. The number of nitrogens with zero attached hydrogens (tertiary/aromatic N) is 1. The topological polar surface area (TPSA) is 41.6 Å². The number of ether oxygens (including phenoxy) is 1. The van der Waals surface area contributed by atoms with Gasteiger partial charge in [0.1, 0.15) is 0 Å². The van der Waals surface area contributed by atoms with Crippen LogP contribution in [0.5, 0.6) is 0 Å². The summed E-state index contributed by atoms with van der Waals surface area (Å²) in [5, 5.41) is 3.40. The summed E-state index contributed by atoms with van der Waals surface area (Å²) < 4.78 is 4.81. The van der Waals surface area contributed by atoms with E-state index in [1.54, 1.807) is 0 Å². The monoisotopic (exact) mass is 260 g/mol. The van der Waals surface area contributed by atoms with Gasteiger partial charge in [-0.2, -0.15) is 0 Å². The van der Waals surface area contributed by atoms with Crippen LogP contribution in [0.25, 0.3) is 0 Å². The number of esters is 1. The number of rotatable bonds is 2. The van der Waals surface area contributed by atoms with Crippen LogP contribution >= 0.6 is 0 Å². The number of carbonyl (C=O) groups is 1. The summed E-state index contributed by atoms with van der Waals surface area (Å²) in [5.41, 5.74) is 3.24. The Bertz CT molecular complexity index is 481. The van der Waals surface area contributed by atoms with Crippen molar-refractivity contribution in [2.24, 2.45) is 0 Å². The number of benzene rings is 1. The highest BCUT2D eigenvalue weighted by atomic mass is 16.5. The van der Waals surface area contributed by atoms with Gasteiger partial charge in [-0.25, -0.2) is 4.79 Å². The quantitative estimate of drug-likeness (QED) is 0.820. The number of anilines is 1. The second-order valence-electron chi connectivity index (χ2n) is 5.26. The van der Waals surface area contributed by atoms with E-state index in [0.717, 1.165) is 26.1 Å². The molecule has 0 aromatic heterocycles. The van der Waals surface area contributed by atoms with Crippen LogP contribution in [0, 0.1) is 0 Å². The van der Waals surface area contributed by atoms with Gasteiger partial charge in [-0.1, -0.05) is 6.07 Å². The first kappa shape index (κ1) is 12.5. The third kappa shape index (κ3) is 2.32. The van der Waals surface area contributed by atoms with E-state index in [1.807, 2.05) is 12.1 Å². The van der Waals surface area contributed by atoms with Gasteiger partial charge in [-0.05, 0) is 50.0 Å². The third-order valence-corrected chi connectivity index (χ3v) is 4.19. The van der Waals surface area contributed by atoms with Crippen molar-refractivity contribution in [1.29, 1.82) is 0 Å². The predicted octanol–water partition coefficient (Wildman–Crippen LogP) is 1.59. The van der Waals surface area contributed by atoms with E-state index in [0.29, 0.717) is 11.6 Å². The highest BCUT2D eigenvalue weighted by molar-refractivity contribution is 5.91. The van der Waals surface area contributed by atoms with Gasteiger partial charge in [0.05, 0.1) is 12.7 Å². The largest absolute Gasteiger partial charge is 0.465 e. The molecule has 0 unspecified atom stereocenters. The first-order valence-electron chi connectivity index (χ1n) is 6.98. The van der Waals surface area contributed by atoms with E-state index in [-0.39, 0.29) is 5.97 Å². The molecular formula is C15H20N2O2. The predicted molar refractivity (Wildman–Crippen MR) is 74.7 cm³/mol. The zero-order valence-electron chi connectivity index (χ0n) is 11.3. The molecule has 0 bridgehead atoms. The Morgan fingerprint density at radius 3 is 2.89 bits per heavy atom. The summed E-state index contributed by atoms with van der Waals surface area (Å²) in [6.07, 6.45) is 3.45. The van der Waals surface area contributed by atoms with Crippen LogP contribution in [0.15, 0.2) is 18.2 Å². The number of carbonyl (C=O) groups excluding carboxylic acids is 1. The molecule has 4 nitrogen and oxygen atoms in total. The van der Waals surface area contributed by atoms with Crippen LogP contribution < -0.4 is 10.2 Å². The molecule has 0 radical (unpaired) electrons. The summed E-state index contributed by atoms with van der Waals surface area (Å²) in [4.78, 5) is 14.1.